The van der Waals surface area contributed by atoms with Crippen molar-refractivity contribution in [1.82, 2.24) is 10.2 Å². The fraction of sp³-hybridized carbons (Fsp3) is 0.471. The molecule has 5 heteroatoms. The predicted molar refractivity (Wildman–Crippen MR) is 86.8 cm³/mol. The third kappa shape index (κ3) is 2.52. The van der Waals surface area contributed by atoms with Crippen molar-refractivity contribution in [2.45, 2.75) is 12.8 Å². The van der Waals surface area contributed by atoms with Crippen molar-refractivity contribution < 1.29 is 9.18 Å². The van der Waals surface area contributed by atoms with Crippen LogP contribution in [-0.2, 0) is 0 Å². The van der Waals surface area contributed by atoms with Crippen molar-refractivity contribution in [3.8, 4) is 0 Å². The first-order valence-corrected chi connectivity index (χ1v) is 8.71. The monoisotopic (exact) mass is 318 g/mol. The molecule has 2 fully saturated rings. The van der Waals surface area contributed by atoms with Crippen LogP contribution in [0.25, 0.3) is 10.1 Å². The van der Waals surface area contributed by atoms with Crippen molar-refractivity contribution in [2.24, 2.45) is 11.8 Å². The molecule has 0 saturated carbocycles. The number of rotatable bonds is 1. The maximum atomic E-state index is 13.3. The third-order valence-electron chi connectivity index (χ3n) is 5.00. The molecule has 0 radical (unpaired) electrons. The standard InChI is InChI=1S/C17H19FN2OS/c18-14-1-2-15-13(7-14)8-16(22-15)17(21)20-5-3-11-9-19-10-12(11)4-6-20/h1-2,7-8,11-12,19H,3-6,9-10H2/t11-,12+. The van der Waals surface area contributed by atoms with Gasteiger partial charge in [-0.3, -0.25) is 4.79 Å². The van der Waals surface area contributed by atoms with Crippen LogP contribution in [0.15, 0.2) is 24.3 Å². The van der Waals surface area contributed by atoms with Crippen LogP contribution in [-0.4, -0.2) is 37.0 Å². The Morgan fingerprint density at radius 1 is 1.18 bits per heavy atom. The van der Waals surface area contributed by atoms with E-state index in [-0.39, 0.29) is 11.7 Å². The number of hydrogen-bond acceptors (Lipinski definition) is 3. The molecule has 2 aromatic rings. The Labute approximate surface area is 133 Å². The highest BCUT2D eigenvalue weighted by Gasteiger charge is 2.31. The molecular formula is C17H19FN2OS. The van der Waals surface area contributed by atoms with Gasteiger partial charge in [-0.15, -0.1) is 11.3 Å². The number of hydrogen-bond donors (Lipinski definition) is 1. The van der Waals surface area contributed by atoms with Gasteiger partial charge in [-0.05, 0) is 67.4 Å². The summed E-state index contributed by atoms with van der Waals surface area (Å²) >= 11 is 1.47. The second-order valence-electron chi connectivity index (χ2n) is 6.34. The summed E-state index contributed by atoms with van der Waals surface area (Å²) in [4.78, 5) is 15.5. The van der Waals surface area contributed by atoms with E-state index >= 15 is 0 Å². The number of benzene rings is 1. The topological polar surface area (TPSA) is 32.3 Å². The minimum atomic E-state index is -0.251. The minimum absolute atomic E-state index is 0.106. The van der Waals surface area contributed by atoms with E-state index in [0.29, 0.717) is 11.8 Å². The molecule has 1 aromatic heterocycles. The molecule has 3 nitrogen and oxygen atoms in total. The summed E-state index contributed by atoms with van der Waals surface area (Å²) in [6, 6.07) is 6.54. The number of carbonyl (C=O) groups excluding carboxylic acids is 1. The van der Waals surface area contributed by atoms with Gasteiger partial charge in [0.15, 0.2) is 0 Å². The van der Waals surface area contributed by atoms with E-state index in [4.69, 9.17) is 0 Å². The Balaban J connectivity index is 1.54. The number of amides is 1. The zero-order valence-electron chi connectivity index (χ0n) is 12.3. The van der Waals surface area contributed by atoms with E-state index in [9.17, 15) is 9.18 Å². The molecule has 0 aliphatic carbocycles. The highest BCUT2D eigenvalue weighted by Crippen LogP contribution is 2.30. The van der Waals surface area contributed by atoms with Crippen LogP contribution >= 0.6 is 11.3 Å². The average Bonchev–Trinajstić information content (AvgIpc) is 3.08. The highest BCUT2D eigenvalue weighted by atomic mass is 32.1. The summed E-state index contributed by atoms with van der Waals surface area (Å²) in [7, 11) is 0. The van der Waals surface area contributed by atoms with Crippen LogP contribution in [0.2, 0.25) is 0 Å². The van der Waals surface area contributed by atoms with Gasteiger partial charge in [0.25, 0.3) is 5.91 Å². The fourth-order valence-corrected chi connectivity index (χ4v) is 4.71. The lowest BCUT2D eigenvalue weighted by Crippen LogP contribution is -2.32. The molecule has 22 heavy (non-hydrogen) atoms. The van der Waals surface area contributed by atoms with E-state index in [1.807, 2.05) is 11.0 Å². The second-order valence-corrected chi connectivity index (χ2v) is 7.42. The first kappa shape index (κ1) is 14.2. The minimum Gasteiger partial charge on any atom is -0.338 e. The molecule has 1 amide bonds. The van der Waals surface area contributed by atoms with Gasteiger partial charge < -0.3 is 10.2 Å². The average molecular weight is 318 g/mol. The van der Waals surface area contributed by atoms with Crippen molar-refractivity contribution in [3.05, 3.63) is 35.0 Å². The highest BCUT2D eigenvalue weighted by molar-refractivity contribution is 7.20. The smallest absolute Gasteiger partial charge is 0.263 e. The number of nitrogens with zero attached hydrogens (tertiary/aromatic N) is 1. The molecule has 1 aromatic carbocycles. The largest absolute Gasteiger partial charge is 0.338 e. The lowest BCUT2D eigenvalue weighted by molar-refractivity contribution is 0.0763. The molecule has 0 spiro atoms. The Bertz CT molecular complexity index is 700. The third-order valence-corrected chi connectivity index (χ3v) is 6.10. The zero-order chi connectivity index (χ0) is 15.1. The summed E-state index contributed by atoms with van der Waals surface area (Å²) in [6.07, 6.45) is 2.17. The van der Waals surface area contributed by atoms with Crippen LogP contribution in [0.1, 0.15) is 22.5 Å². The van der Waals surface area contributed by atoms with Gasteiger partial charge in [0.2, 0.25) is 0 Å². The number of nitrogens with one attached hydrogen (secondary N) is 1. The molecule has 2 atom stereocenters. The molecule has 0 bridgehead atoms. The van der Waals surface area contributed by atoms with E-state index in [0.717, 1.165) is 54.0 Å². The molecular weight excluding hydrogens is 299 g/mol. The van der Waals surface area contributed by atoms with Gasteiger partial charge in [0.05, 0.1) is 4.88 Å². The first-order valence-electron chi connectivity index (χ1n) is 7.90. The maximum absolute atomic E-state index is 13.3. The molecule has 4 rings (SSSR count). The van der Waals surface area contributed by atoms with Gasteiger partial charge in [-0.1, -0.05) is 0 Å². The summed E-state index contributed by atoms with van der Waals surface area (Å²) in [6.45, 7) is 3.86. The van der Waals surface area contributed by atoms with Gasteiger partial charge in [-0.2, -0.15) is 0 Å². The lowest BCUT2D eigenvalue weighted by atomic mass is 9.92. The summed E-state index contributed by atoms with van der Waals surface area (Å²) in [5.41, 5.74) is 0. The van der Waals surface area contributed by atoms with E-state index in [1.54, 1.807) is 6.07 Å². The van der Waals surface area contributed by atoms with Crippen LogP contribution in [0, 0.1) is 17.7 Å². The quantitative estimate of drug-likeness (QED) is 0.876. The van der Waals surface area contributed by atoms with Crippen LogP contribution in [0.3, 0.4) is 0 Å². The van der Waals surface area contributed by atoms with Crippen molar-refractivity contribution in [1.29, 1.82) is 0 Å². The van der Waals surface area contributed by atoms with Crippen molar-refractivity contribution >= 4 is 27.3 Å². The number of halogens is 1. The maximum Gasteiger partial charge on any atom is 0.263 e. The molecule has 2 aliphatic heterocycles. The van der Waals surface area contributed by atoms with Gasteiger partial charge in [0.1, 0.15) is 5.82 Å². The summed E-state index contributed by atoms with van der Waals surface area (Å²) < 4.78 is 14.3. The number of thiophene rings is 1. The van der Waals surface area contributed by atoms with Crippen LogP contribution in [0.4, 0.5) is 4.39 Å². The number of fused-ring (bicyclic) bond motifs is 2. The molecule has 0 unspecified atom stereocenters. The fourth-order valence-electron chi connectivity index (χ4n) is 3.70. The Hall–Kier alpha value is -1.46. The zero-order valence-corrected chi connectivity index (χ0v) is 13.2. The summed E-state index contributed by atoms with van der Waals surface area (Å²) in [5, 5.41) is 4.28. The predicted octanol–water partition coefficient (Wildman–Crippen LogP) is 3.11. The number of likely N-dealkylation sites (tertiary alicyclic amines) is 1. The van der Waals surface area contributed by atoms with Crippen molar-refractivity contribution in [2.75, 3.05) is 26.2 Å². The van der Waals surface area contributed by atoms with Crippen LogP contribution in [0.5, 0.6) is 0 Å². The van der Waals surface area contributed by atoms with Gasteiger partial charge >= 0.3 is 0 Å². The molecule has 2 aliphatic rings. The van der Waals surface area contributed by atoms with E-state index in [1.165, 1.54) is 23.5 Å². The molecule has 116 valence electrons. The number of carbonyl (C=O) groups is 1. The van der Waals surface area contributed by atoms with Gasteiger partial charge in [0, 0.05) is 17.8 Å². The summed E-state index contributed by atoms with van der Waals surface area (Å²) in [5.74, 6) is 1.29. The van der Waals surface area contributed by atoms with E-state index < -0.39 is 0 Å². The lowest BCUT2D eigenvalue weighted by Gasteiger charge is -2.20. The first-order chi connectivity index (χ1) is 10.7. The molecule has 3 heterocycles. The van der Waals surface area contributed by atoms with Crippen molar-refractivity contribution in [3.63, 3.8) is 0 Å². The Morgan fingerprint density at radius 2 is 1.91 bits per heavy atom. The Kier molecular flexibility index (Phi) is 3.62. The van der Waals surface area contributed by atoms with Crippen LogP contribution < -0.4 is 5.32 Å². The Morgan fingerprint density at radius 3 is 2.64 bits per heavy atom. The SMILES string of the molecule is O=C(c1cc2cc(F)ccc2s1)N1CC[C@@H]2CNC[C@@H]2CC1. The van der Waals surface area contributed by atoms with E-state index in [2.05, 4.69) is 5.32 Å². The normalized spacial score (nSPS) is 25.2. The molecule has 1 N–H and O–H groups in total. The molecule has 2 saturated heterocycles. The second kappa shape index (κ2) is 5.63. The van der Waals surface area contributed by atoms with Gasteiger partial charge in [-0.25, -0.2) is 4.39 Å².